The van der Waals surface area contributed by atoms with Gasteiger partial charge in [0.25, 0.3) is 0 Å². The number of nitriles is 1. The summed E-state index contributed by atoms with van der Waals surface area (Å²) in [6.45, 7) is 4.26. The highest BCUT2D eigenvalue weighted by Crippen LogP contribution is 2.07. The van der Waals surface area contributed by atoms with E-state index in [-0.39, 0.29) is 18.2 Å². The van der Waals surface area contributed by atoms with Crippen molar-refractivity contribution in [3.63, 3.8) is 0 Å². The Morgan fingerprint density at radius 1 is 1.73 bits per heavy atom. The van der Waals surface area contributed by atoms with E-state index in [2.05, 4.69) is 12.0 Å². The summed E-state index contributed by atoms with van der Waals surface area (Å²) in [7, 11) is 0. The van der Waals surface area contributed by atoms with Crippen molar-refractivity contribution in [3.05, 3.63) is 18.0 Å². The normalized spacial score (nSPS) is 12.1. The largest absolute Gasteiger partial charge is 0.297 e. The zero-order chi connectivity index (χ0) is 11.3. The molecule has 1 rings (SSSR count). The fourth-order valence-electron chi connectivity index (χ4n) is 1.42. The highest BCUT2D eigenvalue weighted by molar-refractivity contribution is 5.80. The smallest absolute Gasteiger partial charge is 0.162 e. The van der Waals surface area contributed by atoms with E-state index in [1.54, 1.807) is 12.3 Å². The van der Waals surface area contributed by atoms with Crippen LogP contribution in [0.2, 0.25) is 0 Å². The monoisotopic (exact) mass is 205 g/mol. The van der Waals surface area contributed by atoms with E-state index in [0.29, 0.717) is 5.69 Å². The Kier molecular flexibility index (Phi) is 4.04. The Morgan fingerprint density at radius 3 is 3.00 bits per heavy atom. The minimum atomic E-state index is 0.0738. The molecule has 0 N–H and O–H groups in total. The number of Topliss-reactive ketones (excluding diaryl/α,β-unsaturated/α-hetero) is 1. The van der Waals surface area contributed by atoms with Crippen LogP contribution < -0.4 is 0 Å². The lowest BCUT2D eigenvalue weighted by Crippen LogP contribution is -2.18. The van der Waals surface area contributed by atoms with Crippen molar-refractivity contribution in [2.45, 2.75) is 33.2 Å². The standard InChI is InChI=1S/C11H15N3O/c1-3-4-9(2)11(15)8-14-6-5-10(7-12)13-14/h5-6,9H,3-4,8H2,1-2H3. The van der Waals surface area contributed by atoms with Crippen molar-refractivity contribution >= 4 is 5.78 Å². The predicted octanol–water partition coefficient (Wildman–Crippen LogP) is 1.76. The maximum absolute atomic E-state index is 11.7. The maximum Gasteiger partial charge on any atom is 0.162 e. The Hall–Kier alpha value is -1.63. The molecule has 0 saturated carbocycles. The number of carbonyl (C=O) groups excluding carboxylic acids is 1. The van der Waals surface area contributed by atoms with Crippen LogP contribution in [0.15, 0.2) is 12.3 Å². The van der Waals surface area contributed by atoms with Crippen molar-refractivity contribution in [1.82, 2.24) is 9.78 Å². The Balaban J connectivity index is 2.55. The number of hydrogen-bond donors (Lipinski definition) is 0. The van der Waals surface area contributed by atoms with Crippen LogP contribution in [0.1, 0.15) is 32.4 Å². The molecule has 1 aromatic rings. The second kappa shape index (κ2) is 5.30. The van der Waals surface area contributed by atoms with Gasteiger partial charge in [-0.1, -0.05) is 20.3 Å². The maximum atomic E-state index is 11.7. The van der Waals surface area contributed by atoms with Gasteiger partial charge in [-0.05, 0) is 12.5 Å². The summed E-state index contributed by atoms with van der Waals surface area (Å²) in [5.74, 6) is 0.245. The van der Waals surface area contributed by atoms with Crippen LogP contribution in [0.3, 0.4) is 0 Å². The molecule has 1 heterocycles. The van der Waals surface area contributed by atoms with Gasteiger partial charge in [0.05, 0.1) is 6.54 Å². The second-order valence-corrected chi connectivity index (χ2v) is 3.67. The molecule has 0 aliphatic rings. The van der Waals surface area contributed by atoms with Crippen LogP contribution in [-0.4, -0.2) is 15.6 Å². The van der Waals surface area contributed by atoms with E-state index in [4.69, 9.17) is 5.26 Å². The molecule has 1 unspecified atom stereocenters. The Morgan fingerprint density at radius 2 is 2.47 bits per heavy atom. The first-order valence-electron chi connectivity index (χ1n) is 5.13. The fraction of sp³-hybridized carbons (Fsp3) is 0.545. The second-order valence-electron chi connectivity index (χ2n) is 3.67. The van der Waals surface area contributed by atoms with E-state index in [0.717, 1.165) is 12.8 Å². The van der Waals surface area contributed by atoms with Crippen LogP contribution in [0.5, 0.6) is 0 Å². The van der Waals surface area contributed by atoms with Gasteiger partial charge in [-0.3, -0.25) is 9.48 Å². The zero-order valence-corrected chi connectivity index (χ0v) is 9.10. The lowest BCUT2D eigenvalue weighted by Gasteiger charge is -2.08. The molecule has 1 aromatic heterocycles. The van der Waals surface area contributed by atoms with E-state index < -0.39 is 0 Å². The Labute approximate surface area is 89.5 Å². The highest BCUT2D eigenvalue weighted by atomic mass is 16.1. The molecule has 0 radical (unpaired) electrons. The fourth-order valence-corrected chi connectivity index (χ4v) is 1.42. The van der Waals surface area contributed by atoms with Crippen molar-refractivity contribution in [3.8, 4) is 6.07 Å². The molecular formula is C11H15N3O. The van der Waals surface area contributed by atoms with Gasteiger partial charge in [-0.2, -0.15) is 10.4 Å². The molecule has 0 aromatic carbocycles. The van der Waals surface area contributed by atoms with Gasteiger partial charge in [0.2, 0.25) is 0 Å². The summed E-state index contributed by atoms with van der Waals surface area (Å²) < 4.78 is 1.52. The summed E-state index contributed by atoms with van der Waals surface area (Å²) >= 11 is 0. The number of rotatable bonds is 5. The molecule has 0 amide bonds. The number of nitrogens with zero attached hydrogens (tertiary/aromatic N) is 3. The van der Waals surface area contributed by atoms with Crippen LogP contribution in [0, 0.1) is 17.2 Å². The quantitative estimate of drug-likeness (QED) is 0.736. The first kappa shape index (κ1) is 11.4. The molecule has 0 aliphatic heterocycles. The molecular weight excluding hydrogens is 190 g/mol. The third-order valence-electron chi connectivity index (χ3n) is 2.34. The van der Waals surface area contributed by atoms with Gasteiger partial charge >= 0.3 is 0 Å². The van der Waals surface area contributed by atoms with Crippen molar-refractivity contribution < 1.29 is 4.79 Å². The average molecular weight is 205 g/mol. The highest BCUT2D eigenvalue weighted by Gasteiger charge is 2.12. The van der Waals surface area contributed by atoms with Crippen LogP contribution in [0.25, 0.3) is 0 Å². The molecule has 15 heavy (non-hydrogen) atoms. The van der Waals surface area contributed by atoms with Gasteiger partial charge in [0.1, 0.15) is 6.07 Å². The summed E-state index contributed by atoms with van der Waals surface area (Å²) in [5, 5.41) is 12.5. The van der Waals surface area contributed by atoms with Crippen LogP contribution in [0.4, 0.5) is 0 Å². The van der Waals surface area contributed by atoms with E-state index >= 15 is 0 Å². The van der Waals surface area contributed by atoms with Gasteiger partial charge < -0.3 is 0 Å². The van der Waals surface area contributed by atoms with Gasteiger partial charge in [-0.15, -0.1) is 0 Å². The molecule has 0 bridgehead atoms. The number of aromatic nitrogens is 2. The molecule has 0 saturated heterocycles. The number of ketones is 1. The summed E-state index contributed by atoms with van der Waals surface area (Å²) in [6, 6.07) is 3.54. The first-order valence-corrected chi connectivity index (χ1v) is 5.13. The summed E-state index contributed by atoms with van der Waals surface area (Å²) in [4.78, 5) is 11.7. The van der Waals surface area contributed by atoms with Crippen LogP contribution in [-0.2, 0) is 11.3 Å². The summed E-state index contributed by atoms with van der Waals surface area (Å²) in [5.41, 5.74) is 0.353. The third kappa shape index (κ3) is 3.21. The SMILES string of the molecule is CCCC(C)C(=O)Cn1ccc(C#N)n1. The van der Waals surface area contributed by atoms with Crippen LogP contribution >= 0.6 is 0 Å². The van der Waals surface area contributed by atoms with E-state index in [1.807, 2.05) is 13.0 Å². The van der Waals surface area contributed by atoms with Crippen molar-refractivity contribution in [2.75, 3.05) is 0 Å². The van der Waals surface area contributed by atoms with E-state index in [1.165, 1.54) is 4.68 Å². The molecule has 1 atom stereocenters. The Bertz CT molecular complexity index is 375. The minimum Gasteiger partial charge on any atom is -0.297 e. The van der Waals surface area contributed by atoms with Crippen molar-refractivity contribution in [2.24, 2.45) is 5.92 Å². The molecule has 4 heteroatoms. The summed E-state index contributed by atoms with van der Waals surface area (Å²) in [6.07, 6.45) is 3.58. The van der Waals surface area contributed by atoms with Gasteiger partial charge in [0.15, 0.2) is 11.5 Å². The molecule has 0 fully saturated rings. The first-order chi connectivity index (χ1) is 7.17. The lowest BCUT2D eigenvalue weighted by molar-refractivity contribution is -0.123. The third-order valence-corrected chi connectivity index (χ3v) is 2.34. The minimum absolute atomic E-state index is 0.0738. The van der Waals surface area contributed by atoms with Gasteiger partial charge in [0, 0.05) is 12.1 Å². The van der Waals surface area contributed by atoms with Crippen molar-refractivity contribution in [1.29, 1.82) is 5.26 Å². The van der Waals surface area contributed by atoms with Gasteiger partial charge in [-0.25, -0.2) is 0 Å². The van der Waals surface area contributed by atoms with E-state index in [9.17, 15) is 4.79 Å². The number of hydrogen-bond acceptors (Lipinski definition) is 3. The molecule has 0 aliphatic carbocycles. The molecule has 80 valence electrons. The molecule has 4 nitrogen and oxygen atoms in total. The predicted molar refractivity (Wildman–Crippen MR) is 56.0 cm³/mol. The number of carbonyl (C=O) groups is 1. The molecule has 0 spiro atoms. The topological polar surface area (TPSA) is 58.7 Å². The lowest BCUT2D eigenvalue weighted by atomic mass is 10.0. The average Bonchev–Trinajstić information content (AvgIpc) is 2.66. The zero-order valence-electron chi connectivity index (χ0n) is 9.10.